The standard InChI is InChI=1S/C17H36N2/c1-8-17(9-2)12-19(15(7)10-18-17)11-16(13(3)4)14(5)6/h13-16,18H,8-12H2,1-7H3. The molecule has 1 unspecified atom stereocenters. The van der Waals surface area contributed by atoms with Crippen molar-refractivity contribution in [2.75, 3.05) is 19.6 Å². The summed E-state index contributed by atoms with van der Waals surface area (Å²) in [6, 6.07) is 0.672. The minimum atomic E-state index is 0.352. The fraction of sp³-hybridized carbons (Fsp3) is 1.00. The third-order valence-corrected chi connectivity index (χ3v) is 5.41. The minimum absolute atomic E-state index is 0.352. The van der Waals surface area contributed by atoms with Crippen LogP contribution < -0.4 is 5.32 Å². The van der Waals surface area contributed by atoms with E-state index in [-0.39, 0.29) is 0 Å². The minimum Gasteiger partial charge on any atom is -0.308 e. The van der Waals surface area contributed by atoms with Gasteiger partial charge in [0.05, 0.1) is 0 Å². The lowest BCUT2D eigenvalue weighted by molar-refractivity contribution is 0.0504. The maximum atomic E-state index is 3.80. The van der Waals surface area contributed by atoms with Crippen molar-refractivity contribution < 1.29 is 0 Å². The monoisotopic (exact) mass is 268 g/mol. The first-order valence-electron chi connectivity index (χ1n) is 8.34. The Morgan fingerprint density at radius 1 is 1.11 bits per heavy atom. The molecule has 0 aliphatic carbocycles. The van der Waals surface area contributed by atoms with Crippen molar-refractivity contribution in [3.8, 4) is 0 Å². The van der Waals surface area contributed by atoms with Crippen LogP contribution in [0.5, 0.6) is 0 Å². The summed E-state index contributed by atoms with van der Waals surface area (Å²) >= 11 is 0. The molecule has 1 atom stereocenters. The van der Waals surface area contributed by atoms with Crippen LogP contribution in [0.1, 0.15) is 61.3 Å². The molecule has 0 saturated carbocycles. The van der Waals surface area contributed by atoms with Crippen LogP contribution in [-0.4, -0.2) is 36.1 Å². The summed E-state index contributed by atoms with van der Waals surface area (Å²) in [5.74, 6) is 2.37. The summed E-state index contributed by atoms with van der Waals surface area (Å²) < 4.78 is 0. The predicted octanol–water partition coefficient (Wildman–Crippen LogP) is 3.77. The molecule has 0 aromatic heterocycles. The number of rotatable bonds is 6. The topological polar surface area (TPSA) is 15.3 Å². The van der Waals surface area contributed by atoms with E-state index in [9.17, 15) is 0 Å². The van der Waals surface area contributed by atoms with Gasteiger partial charge in [-0.05, 0) is 37.5 Å². The number of nitrogens with one attached hydrogen (secondary N) is 1. The normalized spacial score (nSPS) is 24.6. The van der Waals surface area contributed by atoms with Crippen LogP contribution in [0, 0.1) is 17.8 Å². The van der Waals surface area contributed by atoms with E-state index in [1.165, 1.54) is 25.9 Å². The average Bonchev–Trinajstić information content (AvgIpc) is 2.37. The van der Waals surface area contributed by atoms with Crippen molar-refractivity contribution in [3.63, 3.8) is 0 Å². The van der Waals surface area contributed by atoms with Gasteiger partial charge in [-0.3, -0.25) is 4.90 Å². The second-order valence-corrected chi connectivity index (χ2v) is 7.30. The van der Waals surface area contributed by atoms with Gasteiger partial charge < -0.3 is 5.32 Å². The number of hydrogen-bond donors (Lipinski definition) is 1. The van der Waals surface area contributed by atoms with Crippen LogP contribution in [-0.2, 0) is 0 Å². The highest BCUT2D eigenvalue weighted by atomic mass is 15.2. The zero-order valence-electron chi connectivity index (χ0n) is 14.3. The lowest BCUT2D eigenvalue weighted by Gasteiger charge is -2.48. The van der Waals surface area contributed by atoms with Gasteiger partial charge in [-0.2, -0.15) is 0 Å². The Labute approximate surface area is 121 Å². The van der Waals surface area contributed by atoms with E-state index in [1.54, 1.807) is 0 Å². The Kier molecular flexibility index (Phi) is 6.32. The quantitative estimate of drug-likeness (QED) is 0.789. The van der Waals surface area contributed by atoms with Gasteiger partial charge in [-0.15, -0.1) is 0 Å². The van der Waals surface area contributed by atoms with Gasteiger partial charge >= 0.3 is 0 Å². The maximum Gasteiger partial charge on any atom is 0.0304 e. The first kappa shape index (κ1) is 17.0. The highest BCUT2D eigenvalue weighted by Gasteiger charge is 2.36. The summed E-state index contributed by atoms with van der Waals surface area (Å²) in [4.78, 5) is 2.74. The van der Waals surface area contributed by atoms with Crippen molar-refractivity contribution in [2.24, 2.45) is 17.8 Å². The molecular weight excluding hydrogens is 232 g/mol. The summed E-state index contributed by atoms with van der Waals surface area (Å²) in [5.41, 5.74) is 0.352. The van der Waals surface area contributed by atoms with E-state index in [2.05, 4.69) is 58.7 Å². The summed E-state index contributed by atoms with van der Waals surface area (Å²) in [5, 5.41) is 3.80. The molecule has 2 heteroatoms. The molecular formula is C17H36N2. The van der Waals surface area contributed by atoms with Crippen molar-refractivity contribution in [1.82, 2.24) is 10.2 Å². The van der Waals surface area contributed by atoms with Gasteiger partial charge in [0.2, 0.25) is 0 Å². The molecule has 1 rings (SSSR count). The average molecular weight is 268 g/mol. The third kappa shape index (κ3) is 4.19. The Bertz CT molecular complexity index is 248. The Balaban J connectivity index is 2.74. The van der Waals surface area contributed by atoms with Gasteiger partial charge in [-0.1, -0.05) is 41.5 Å². The fourth-order valence-corrected chi connectivity index (χ4v) is 3.52. The van der Waals surface area contributed by atoms with Crippen molar-refractivity contribution >= 4 is 0 Å². The molecule has 0 amide bonds. The van der Waals surface area contributed by atoms with Crippen LogP contribution in [0.15, 0.2) is 0 Å². The van der Waals surface area contributed by atoms with Crippen LogP contribution in [0.25, 0.3) is 0 Å². The van der Waals surface area contributed by atoms with Gasteiger partial charge in [0.1, 0.15) is 0 Å². The molecule has 0 radical (unpaired) electrons. The van der Waals surface area contributed by atoms with Crippen LogP contribution >= 0.6 is 0 Å². The molecule has 1 aliphatic heterocycles. The smallest absolute Gasteiger partial charge is 0.0304 e. The van der Waals surface area contributed by atoms with E-state index in [0.717, 1.165) is 24.3 Å². The van der Waals surface area contributed by atoms with Crippen molar-refractivity contribution in [1.29, 1.82) is 0 Å². The Morgan fingerprint density at radius 3 is 2.05 bits per heavy atom. The summed E-state index contributed by atoms with van der Waals surface area (Å²) in [7, 11) is 0. The van der Waals surface area contributed by atoms with Gasteiger partial charge in [-0.25, -0.2) is 0 Å². The summed E-state index contributed by atoms with van der Waals surface area (Å²) in [6.45, 7) is 20.2. The predicted molar refractivity (Wildman–Crippen MR) is 85.5 cm³/mol. The molecule has 0 aromatic rings. The van der Waals surface area contributed by atoms with E-state index in [1.807, 2.05) is 0 Å². The maximum absolute atomic E-state index is 3.80. The second kappa shape index (κ2) is 7.08. The molecule has 1 N–H and O–H groups in total. The number of hydrogen-bond acceptors (Lipinski definition) is 2. The van der Waals surface area contributed by atoms with Gasteiger partial charge in [0.15, 0.2) is 0 Å². The highest BCUT2D eigenvalue weighted by Crippen LogP contribution is 2.27. The Hall–Kier alpha value is -0.0800. The first-order valence-corrected chi connectivity index (χ1v) is 8.34. The molecule has 0 bridgehead atoms. The first-order chi connectivity index (χ1) is 8.85. The Morgan fingerprint density at radius 2 is 1.63 bits per heavy atom. The number of piperazine rings is 1. The zero-order chi connectivity index (χ0) is 14.6. The van der Waals surface area contributed by atoms with Crippen molar-refractivity contribution in [3.05, 3.63) is 0 Å². The van der Waals surface area contributed by atoms with Crippen LogP contribution in [0.4, 0.5) is 0 Å². The van der Waals surface area contributed by atoms with E-state index in [4.69, 9.17) is 0 Å². The lowest BCUT2D eigenvalue weighted by atomic mass is 9.83. The molecule has 19 heavy (non-hydrogen) atoms. The van der Waals surface area contributed by atoms with E-state index >= 15 is 0 Å². The van der Waals surface area contributed by atoms with Gasteiger partial charge in [0.25, 0.3) is 0 Å². The largest absolute Gasteiger partial charge is 0.308 e. The molecule has 1 saturated heterocycles. The van der Waals surface area contributed by atoms with Crippen LogP contribution in [0.3, 0.4) is 0 Å². The van der Waals surface area contributed by atoms with Crippen LogP contribution in [0.2, 0.25) is 0 Å². The number of nitrogens with zero attached hydrogens (tertiary/aromatic N) is 1. The second-order valence-electron chi connectivity index (χ2n) is 7.30. The molecule has 0 aromatic carbocycles. The lowest BCUT2D eigenvalue weighted by Crippen LogP contribution is -2.63. The van der Waals surface area contributed by atoms with Gasteiger partial charge in [0, 0.05) is 31.2 Å². The van der Waals surface area contributed by atoms with E-state index < -0.39 is 0 Å². The van der Waals surface area contributed by atoms with E-state index in [0.29, 0.717) is 11.6 Å². The summed E-state index contributed by atoms with van der Waals surface area (Å²) in [6.07, 6.45) is 2.47. The van der Waals surface area contributed by atoms with Crippen molar-refractivity contribution in [2.45, 2.75) is 72.9 Å². The molecule has 0 spiro atoms. The SMILES string of the molecule is CCC1(CC)CN(CC(C(C)C)C(C)C)C(C)CN1. The zero-order valence-corrected chi connectivity index (χ0v) is 14.3. The third-order valence-electron chi connectivity index (χ3n) is 5.41. The molecule has 2 nitrogen and oxygen atoms in total. The highest BCUT2D eigenvalue weighted by molar-refractivity contribution is 4.96. The molecule has 1 fully saturated rings. The molecule has 1 heterocycles. The molecule has 1 aliphatic rings. The molecule has 114 valence electrons. The fourth-order valence-electron chi connectivity index (χ4n) is 3.52.